The van der Waals surface area contributed by atoms with Crippen LogP contribution in [0.2, 0.25) is 0 Å². The number of anilines is 1. The van der Waals surface area contributed by atoms with Gasteiger partial charge in [0.1, 0.15) is 5.82 Å². The number of rotatable bonds is 4. The molecule has 0 unspecified atom stereocenters. The molecule has 1 aromatic rings. The normalized spacial score (nSPS) is 11.8. The predicted octanol–water partition coefficient (Wildman–Crippen LogP) is 1.34. The Hall–Kier alpha value is -1.60. The zero-order valence-electron chi connectivity index (χ0n) is 7.33. The lowest BCUT2D eigenvalue weighted by molar-refractivity contribution is -0.148. The highest BCUT2D eigenvalue weighted by Gasteiger charge is 2.41. The Kier molecular flexibility index (Phi) is 3.28. The molecule has 0 saturated carbocycles. The molecule has 1 rings (SSSR count). The molecule has 2 N–H and O–H groups in total. The maximum absolute atomic E-state index is 12.4. The van der Waals surface area contributed by atoms with Gasteiger partial charge in [-0.05, 0) is 0 Å². The zero-order chi connectivity index (χ0) is 11.5. The highest BCUT2D eigenvalue weighted by Crippen LogP contribution is 2.23. The van der Waals surface area contributed by atoms with Gasteiger partial charge in [0.05, 0.1) is 12.4 Å². The third kappa shape index (κ3) is 3.22. The van der Waals surface area contributed by atoms with Crippen LogP contribution in [0.1, 0.15) is 0 Å². The molecule has 0 atom stereocenters. The van der Waals surface area contributed by atoms with Gasteiger partial charge in [-0.15, -0.1) is 0 Å². The van der Waals surface area contributed by atoms with E-state index in [2.05, 4.69) is 14.7 Å². The van der Waals surface area contributed by atoms with E-state index in [0.29, 0.717) is 0 Å². The summed E-state index contributed by atoms with van der Waals surface area (Å²) in [6, 6.07) is 0. The summed E-state index contributed by atoms with van der Waals surface area (Å²) in [7, 11) is 0. The second kappa shape index (κ2) is 4.28. The number of aromatic nitrogens is 2. The van der Waals surface area contributed by atoms with Crippen LogP contribution in [0, 0.1) is 0 Å². The summed E-state index contributed by atoms with van der Waals surface area (Å²) < 4.78 is 52.4. The number of hydrogen-bond acceptors (Lipinski definition) is 4. The number of nitrogens with zero attached hydrogens (tertiary/aromatic N) is 2. The van der Waals surface area contributed by atoms with Crippen LogP contribution in [0.15, 0.2) is 12.4 Å². The molecule has 1 aromatic heterocycles. The summed E-state index contributed by atoms with van der Waals surface area (Å²) in [5.74, 6) is -4.42. The highest BCUT2D eigenvalue weighted by atomic mass is 19.3. The van der Waals surface area contributed by atoms with Crippen molar-refractivity contribution in [2.24, 2.45) is 0 Å². The number of halogens is 4. The third-order valence-corrected chi connectivity index (χ3v) is 1.38. The van der Waals surface area contributed by atoms with Gasteiger partial charge in [-0.25, -0.2) is 18.7 Å². The van der Waals surface area contributed by atoms with Gasteiger partial charge >= 0.3 is 12.3 Å². The van der Waals surface area contributed by atoms with Crippen LogP contribution in [0.25, 0.3) is 0 Å². The van der Waals surface area contributed by atoms with Crippen LogP contribution >= 0.6 is 0 Å². The van der Waals surface area contributed by atoms with E-state index in [9.17, 15) is 17.6 Å². The Morgan fingerprint density at radius 2 is 2.00 bits per heavy atom. The molecule has 0 aromatic carbocycles. The van der Waals surface area contributed by atoms with E-state index >= 15 is 0 Å². The highest BCUT2D eigenvalue weighted by molar-refractivity contribution is 5.24. The van der Waals surface area contributed by atoms with Gasteiger partial charge in [0.2, 0.25) is 5.88 Å². The molecule has 0 radical (unpaired) electrons. The molecule has 0 aliphatic carbocycles. The molecule has 0 aliphatic heterocycles. The van der Waals surface area contributed by atoms with Gasteiger partial charge < -0.3 is 10.5 Å². The first-order chi connectivity index (χ1) is 6.92. The molecule has 8 heteroatoms. The van der Waals surface area contributed by atoms with Crippen molar-refractivity contribution >= 4 is 5.82 Å². The second-order valence-electron chi connectivity index (χ2n) is 2.63. The molecular weight excluding hydrogens is 218 g/mol. The van der Waals surface area contributed by atoms with Crippen molar-refractivity contribution in [1.29, 1.82) is 0 Å². The van der Waals surface area contributed by atoms with E-state index in [1.807, 2.05) is 0 Å². The number of ether oxygens (including phenoxy) is 1. The summed E-state index contributed by atoms with van der Waals surface area (Å²) in [4.78, 5) is 6.94. The lowest BCUT2D eigenvalue weighted by Gasteiger charge is -2.14. The van der Waals surface area contributed by atoms with Crippen LogP contribution < -0.4 is 10.5 Å². The van der Waals surface area contributed by atoms with E-state index in [4.69, 9.17) is 5.73 Å². The Labute approximate surface area is 82.1 Å². The maximum Gasteiger partial charge on any atom is 0.340 e. The van der Waals surface area contributed by atoms with Crippen LogP contribution in [-0.2, 0) is 0 Å². The maximum atomic E-state index is 12.4. The van der Waals surface area contributed by atoms with Crippen LogP contribution in [0.3, 0.4) is 0 Å². The molecule has 0 saturated heterocycles. The molecule has 0 fully saturated rings. The Morgan fingerprint density at radius 1 is 1.33 bits per heavy atom. The van der Waals surface area contributed by atoms with Gasteiger partial charge in [-0.2, -0.15) is 8.78 Å². The summed E-state index contributed by atoms with van der Waals surface area (Å²) in [5.41, 5.74) is 5.16. The predicted molar refractivity (Wildman–Crippen MR) is 42.9 cm³/mol. The van der Waals surface area contributed by atoms with E-state index < -0.39 is 19.0 Å². The van der Waals surface area contributed by atoms with Crippen molar-refractivity contribution in [1.82, 2.24) is 9.97 Å². The number of nitrogens with two attached hydrogens (primary N) is 1. The number of alkyl halides is 4. The standard InChI is InChI=1S/C7H7F4N3O/c8-6(9)7(10,11)3-15-5-2-13-4(12)1-14-5/h1-2,6H,3H2,(H2,12,13). The van der Waals surface area contributed by atoms with Crippen molar-refractivity contribution in [2.45, 2.75) is 12.3 Å². The van der Waals surface area contributed by atoms with Crippen LogP contribution in [-0.4, -0.2) is 28.9 Å². The third-order valence-electron chi connectivity index (χ3n) is 1.38. The van der Waals surface area contributed by atoms with E-state index in [1.165, 1.54) is 0 Å². The van der Waals surface area contributed by atoms with Crippen molar-refractivity contribution in [3.63, 3.8) is 0 Å². The van der Waals surface area contributed by atoms with Crippen LogP contribution in [0.5, 0.6) is 5.88 Å². The molecule has 0 bridgehead atoms. The smallest absolute Gasteiger partial charge is 0.340 e. The van der Waals surface area contributed by atoms with Gasteiger partial charge in [0, 0.05) is 0 Å². The first-order valence-corrected chi connectivity index (χ1v) is 3.78. The summed E-state index contributed by atoms with van der Waals surface area (Å²) in [6.07, 6.45) is -1.74. The quantitative estimate of drug-likeness (QED) is 0.785. The van der Waals surface area contributed by atoms with Gasteiger partial charge in [0.25, 0.3) is 0 Å². The molecule has 0 spiro atoms. The van der Waals surface area contributed by atoms with Gasteiger partial charge in [0.15, 0.2) is 6.61 Å². The molecule has 4 nitrogen and oxygen atoms in total. The fourth-order valence-electron chi connectivity index (χ4n) is 0.634. The van der Waals surface area contributed by atoms with E-state index in [-0.39, 0.29) is 11.7 Å². The monoisotopic (exact) mass is 225 g/mol. The zero-order valence-corrected chi connectivity index (χ0v) is 7.33. The Bertz CT molecular complexity index is 317. The topological polar surface area (TPSA) is 61.0 Å². The average molecular weight is 225 g/mol. The average Bonchev–Trinajstić information content (AvgIpc) is 2.17. The summed E-state index contributed by atoms with van der Waals surface area (Å²) in [6.45, 7) is -1.46. The first-order valence-electron chi connectivity index (χ1n) is 3.78. The van der Waals surface area contributed by atoms with Crippen molar-refractivity contribution < 1.29 is 22.3 Å². The van der Waals surface area contributed by atoms with E-state index in [0.717, 1.165) is 12.4 Å². The van der Waals surface area contributed by atoms with Crippen LogP contribution in [0.4, 0.5) is 23.4 Å². The molecule has 0 aliphatic rings. The van der Waals surface area contributed by atoms with Gasteiger partial charge in [-0.3, -0.25) is 0 Å². The minimum Gasteiger partial charge on any atom is -0.470 e. The first kappa shape index (κ1) is 11.5. The molecule has 15 heavy (non-hydrogen) atoms. The fourth-order valence-corrected chi connectivity index (χ4v) is 0.634. The lowest BCUT2D eigenvalue weighted by Crippen LogP contribution is -2.33. The van der Waals surface area contributed by atoms with E-state index in [1.54, 1.807) is 0 Å². The molecule has 84 valence electrons. The van der Waals surface area contributed by atoms with Gasteiger partial charge in [-0.1, -0.05) is 0 Å². The summed E-state index contributed by atoms with van der Waals surface area (Å²) >= 11 is 0. The molecule has 0 amide bonds. The molecular formula is C7H7F4N3O. The number of nitrogen functional groups attached to an aromatic ring is 1. The fraction of sp³-hybridized carbons (Fsp3) is 0.429. The Morgan fingerprint density at radius 3 is 2.47 bits per heavy atom. The summed E-state index contributed by atoms with van der Waals surface area (Å²) in [5, 5.41) is 0. The van der Waals surface area contributed by atoms with Crippen molar-refractivity contribution in [3.8, 4) is 5.88 Å². The largest absolute Gasteiger partial charge is 0.470 e. The molecule has 1 heterocycles. The second-order valence-corrected chi connectivity index (χ2v) is 2.63. The Balaban J connectivity index is 2.54. The van der Waals surface area contributed by atoms with Crippen molar-refractivity contribution in [3.05, 3.63) is 12.4 Å². The minimum absolute atomic E-state index is 0.0722. The van der Waals surface area contributed by atoms with Crippen molar-refractivity contribution in [2.75, 3.05) is 12.3 Å². The minimum atomic E-state index is -4.21. The lowest BCUT2D eigenvalue weighted by atomic mass is 10.4. The SMILES string of the molecule is Nc1cnc(OCC(F)(F)C(F)F)cn1. The number of hydrogen-bond donors (Lipinski definition) is 1.